The molecule has 0 aromatic heterocycles. The van der Waals surface area contributed by atoms with Crippen LogP contribution in [0.4, 0.5) is 10.1 Å². The average Bonchev–Trinajstić information content (AvgIpc) is 2.72. The standard InChI is InChI=1S/C23H25FN2O.ClH/c1-17(22-11-4-7-18-6-2-3-10-23(18)22)25-15-21-16-26(12-13-27-21)20-9-5-8-19(24)14-20;/h2-11,14,17,21,25H,12-13,15-16H2,1H3;1H. The van der Waals surface area contributed by atoms with Crippen molar-refractivity contribution in [1.29, 1.82) is 0 Å². The van der Waals surface area contributed by atoms with Crippen LogP contribution in [-0.4, -0.2) is 32.3 Å². The summed E-state index contributed by atoms with van der Waals surface area (Å²) < 4.78 is 19.5. The van der Waals surface area contributed by atoms with Crippen LogP contribution in [0.2, 0.25) is 0 Å². The van der Waals surface area contributed by atoms with E-state index in [0.29, 0.717) is 6.61 Å². The van der Waals surface area contributed by atoms with Gasteiger partial charge in [-0.15, -0.1) is 12.4 Å². The van der Waals surface area contributed by atoms with E-state index in [1.54, 1.807) is 12.1 Å². The van der Waals surface area contributed by atoms with E-state index < -0.39 is 0 Å². The minimum Gasteiger partial charge on any atom is -0.373 e. The Morgan fingerprint density at radius 3 is 2.75 bits per heavy atom. The quantitative estimate of drug-likeness (QED) is 0.655. The fourth-order valence-electron chi connectivity index (χ4n) is 3.80. The third-order valence-electron chi connectivity index (χ3n) is 5.25. The van der Waals surface area contributed by atoms with Crippen molar-refractivity contribution >= 4 is 28.9 Å². The number of fused-ring (bicyclic) bond motifs is 1. The van der Waals surface area contributed by atoms with Crippen molar-refractivity contribution < 1.29 is 9.13 Å². The second kappa shape index (κ2) is 9.37. The number of rotatable bonds is 5. The molecule has 0 bridgehead atoms. The van der Waals surface area contributed by atoms with Gasteiger partial charge in [-0.05, 0) is 41.5 Å². The molecule has 0 amide bonds. The van der Waals surface area contributed by atoms with Crippen LogP contribution in [-0.2, 0) is 4.74 Å². The average molecular weight is 401 g/mol. The molecule has 2 unspecified atom stereocenters. The topological polar surface area (TPSA) is 24.5 Å². The van der Waals surface area contributed by atoms with E-state index >= 15 is 0 Å². The molecule has 0 radical (unpaired) electrons. The van der Waals surface area contributed by atoms with Crippen molar-refractivity contribution in [2.24, 2.45) is 0 Å². The summed E-state index contributed by atoms with van der Waals surface area (Å²) >= 11 is 0. The van der Waals surface area contributed by atoms with Gasteiger partial charge in [0.25, 0.3) is 0 Å². The van der Waals surface area contributed by atoms with Crippen molar-refractivity contribution in [3.63, 3.8) is 0 Å². The third kappa shape index (κ3) is 4.64. The van der Waals surface area contributed by atoms with Crippen molar-refractivity contribution in [3.05, 3.63) is 78.1 Å². The van der Waals surface area contributed by atoms with Gasteiger partial charge < -0.3 is 15.0 Å². The molecule has 1 aliphatic rings. The summed E-state index contributed by atoms with van der Waals surface area (Å²) in [5, 5.41) is 6.16. The van der Waals surface area contributed by atoms with Gasteiger partial charge in [-0.3, -0.25) is 0 Å². The van der Waals surface area contributed by atoms with E-state index in [2.05, 4.69) is 59.6 Å². The number of benzene rings is 3. The van der Waals surface area contributed by atoms with E-state index in [1.807, 2.05) is 6.07 Å². The molecule has 2 atom stereocenters. The number of halogens is 2. The van der Waals surface area contributed by atoms with Gasteiger partial charge in [-0.1, -0.05) is 48.5 Å². The molecule has 4 rings (SSSR count). The Hall–Kier alpha value is -2.14. The first kappa shape index (κ1) is 20.6. The minimum absolute atomic E-state index is 0. The lowest BCUT2D eigenvalue weighted by atomic mass is 9.99. The van der Waals surface area contributed by atoms with E-state index in [4.69, 9.17) is 4.74 Å². The fourth-order valence-corrected chi connectivity index (χ4v) is 3.80. The zero-order valence-electron chi connectivity index (χ0n) is 16.0. The maximum Gasteiger partial charge on any atom is 0.125 e. The first-order chi connectivity index (χ1) is 13.2. The SMILES string of the molecule is CC(NCC1CN(c2cccc(F)c2)CCO1)c1cccc2ccccc12.Cl. The molecule has 1 heterocycles. The van der Waals surface area contributed by atoms with Crippen LogP contribution in [0.1, 0.15) is 18.5 Å². The summed E-state index contributed by atoms with van der Waals surface area (Å²) in [6, 6.07) is 21.9. The molecule has 148 valence electrons. The highest BCUT2D eigenvalue weighted by Gasteiger charge is 2.22. The normalized spacial score (nSPS) is 17.9. The summed E-state index contributed by atoms with van der Waals surface area (Å²) in [6.45, 7) is 5.16. The predicted molar refractivity (Wildman–Crippen MR) is 116 cm³/mol. The van der Waals surface area contributed by atoms with Gasteiger partial charge >= 0.3 is 0 Å². The Balaban J connectivity index is 0.00000225. The number of nitrogens with zero attached hydrogens (tertiary/aromatic N) is 1. The second-order valence-corrected chi connectivity index (χ2v) is 7.12. The van der Waals surface area contributed by atoms with Crippen LogP contribution in [0.3, 0.4) is 0 Å². The highest BCUT2D eigenvalue weighted by Crippen LogP contribution is 2.24. The fraction of sp³-hybridized carbons (Fsp3) is 0.304. The van der Waals surface area contributed by atoms with Crippen molar-refractivity contribution in [2.75, 3.05) is 31.1 Å². The number of morpholine rings is 1. The lowest BCUT2D eigenvalue weighted by Crippen LogP contribution is -2.47. The zero-order chi connectivity index (χ0) is 18.6. The summed E-state index contributed by atoms with van der Waals surface area (Å²) in [6.07, 6.45) is 0.0828. The van der Waals surface area contributed by atoms with Crippen molar-refractivity contribution in [1.82, 2.24) is 5.32 Å². The molecule has 0 spiro atoms. The Bertz CT molecular complexity index is 915. The summed E-state index contributed by atoms with van der Waals surface area (Å²) in [5.74, 6) is -0.196. The lowest BCUT2D eigenvalue weighted by molar-refractivity contribution is 0.0394. The molecule has 0 saturated carbocycles. The van der Waals surface area contributed by atoms with Crippen LogP contribution in [0.25, 0.3) is 10.8 Å². The lowest BCUT2D eigenvalue weighted by Gasteiger charge is -2.35. The molecule has 1 aliphatic heterocycles. The molecule has 5 heteroatoms. The molecular formula is C23H26ClFN2O. The third-order valence-corrected chi connectivity index (χ3v) is 5.25. The largest absolute Gasteiger partial charge is 0.373 e. The molecule has 1 saturated heterocycles. The smallest absolute Gasteiger partial charge is 0.125 e. The van der Waals surface area contributed by atoms with Crippen LogP contribution >= 0.6 is 12.4 Å². The predicted octanol–water partition coefficient (Wildman–Crippen LogP) is 4.96. The van der Waals surface area contributed by atoms with Gasteiger partial charge in [0, 0.05) is 31.4 Å². The molecule has 3 nitrogen and oxygen atoms in total. The zero-order valence-corrected chi connectivity index (χ0v) is 16.8. The van der Waals surface area contributed by atoms with Gasteiger partial charge in [0.05, 0.1) is 12.7 Å². The van der Waals surface area contributed by atoms with Crippen LogP contribution in [0.15, 0.2) is 66.7 Å². The van der Waals surface area contributed by atoms with Gasteiger partial charge in [-0.25, -0.2) is 4.39 Å². The molecule has 28 heavy (non-hydrogen) atoms. The van der Waals surface area contributed by atoms with Crippen molar-refractivity contribution in [2.45, 2.75) is 19.1 Å². The molecule has 3 aromatic carbocycles. The van der Waals surface area contributed by atoms with Crippen LogP contribution < -0.4 is 10.2 Å². The molecular weight excluding hydrogens is 375 g/mol. The Morgan fingerprint density at radius 1 is 1.11 bits per heavy atom. The molecule has 3 aromatic rings. The Kier molecular flexibility index (Phi) is 6.89. The van der Waals surface area contributed by atoms with Crippen molar-refractivity contribution in [3.8, 4) is 0 Å². The van der Waals surface area contributed by atoms with E-state index in [0.717, 1.165) is 25.3 Å². The Labute approximate surface area is 171 Å². The van der Waals surface area contributed by atoms with E-state index in [9.17, 15) is 4.39 Å². The maximum absolute atomic E-state index is 13.5. The molecule has 1 fully saturated rings. The minimum atomic E-state index is -0.196. The summed E-state index contributed by atoms with van der Waals surface area (Å²) in [7, 11) is 0. The van der Waals surface area contributed by atoms with Gasteiger partial charge in [-0.2, -0.15) is 0 Å². The van der Waals surface area contributed by atoms with E-state index in [-0.39, 0.29) is 30.4 Å². The number of hydrogen-bond donors (Lipinski definition) is 1. The van der Waals surface area contributed by atoms with Crippen LogP contribution in [0.5, 0.6) is 0 Å². The Morgan fingerprint density at radius 2 is 1.89 bits per heavy atom. The molecule has 0 aliphatic carbocycles. The number of ether oxygens (including phenoxy) is 1. The van der Waals surface area contributed by atoms with E-state index in [1.165, 1.54) is 22.4 Å². The first-order valence-corrected chi connectivity index (χ1v) is 9.54. The number of nitrogens with one attached hydrogen (secondary N) is 1. The number of hydrogen-bond acceptors (Lipinski definition) is 3. The summed E-state index contributed by atoms with van der Waals surface area (Å²) in [4.78, 5) is 2.20. The summed E-state index contributed by atoms with van der Waals surface area (Å²) in [5.41, 5.74) is 2.22. The maximum atomic E-state index is 13.5. The van der Waals surface area contributed by atoms with Gasteiger partial charge in [0.15, 0.2) is 0 Å². The second-order valence-electron chi connectivity index (χ2n) is 7.12. The highest BCUT2D eigenvalue weighted by molar-refractivity contribution is 5.86. The van der Waals surface area contributed by atoms with Gasteiger partial charge in [0.2, 0.25) is 0 Å². The highest BCUT2D eigenvalue weighted by atomic mass is 35.5. The molecule has 1 N–H and O–H groups in total. The van der Waals surface area contributed by atoms with Gasteiger partial charge in [0.1, 0.15) is 5.82 Å². The van der Waals surface area contributed by atoms with Crippen LogP contribution in [0, 0.1) is 5.82 Å². The first-order valence-electron chi connectivity index (χ1n) is 9.54. The number of anilines is 1. The monoisotopic (exact) mass is 400 g/mol.